The maximum absolute atomic E-state index is 13.6. The number of carbonyl (C=O) groups is 1. The van der Waals surface area contributed by atoms with Crippen LogP contribution in [0.15, 0.2) is 61.2 Å². The van der Waals surface area contributed by atoms with Crippen LogP contribution in [0.25, 0.3) is 33.3 Å². The van der Waals surface area contributed by atoms with Crippen LogP contribution in [-0.2, 0) is 6.18 Å². The van der Waals surface area contributed by atoms with Gasteiger partial charge in [0.15, 0.2) is 0 Å². The first-order valence-electron chi connectivity index (χ1n) is 11.8. The molecule has 0 saturated carbocycles. The number of pyridine rings is 1. The molecular weight excluding hydrogens is 483 g/mol. The van der Waals surface area contributed by atoms with Gasteiger partial charge in [-0.3, -0.25) is 9.78 Å². The summed E-state index contributed by atoms with van der Waals surface area (Å²) < 4.78 is 45.7. The topological polar surface area (TPSA) is 80.2 Å². The van der Waals surface area contributed by atoms with Crippen LogP contribution in [0.3, 0.4) is 0 Å². The highest BCUT2D eigenvalue weighted by molar-refractivity contribution is 5.98. The summed E-state index contributed by atoms with van der Waals surface area (Å²) in [6, 6.07) is 11.5. The van der Waals surface area contributed by atoms with E-state index in [1.165, 1.54) is 19.5 Å². The van der Waals surface area contributed by atoms with E-state index in [0.717, 1.165) is 19.0 Å². The predicted octanol–water partition coefficient (Wildman–Crippen LogP) is 4.57. The molecule has 4 aromatic rings. The third-order valence-electron chi connectivity index (χ3n) is 7.05. The van der Waals surface area contributed by atoms with Crippen LogP contribution in [-0.4, -0.2) is 58.0 Å². The van der Waals surface area contributed by atoms with Crippen LogP contribution >= 0.6 is 0 Å². The second-order valence-electron chi connectivity index (χ2n) is 9.28. The summed E-state index contributed by atoms with van der Waals surface area (Å²) in [5, 5.41) is 4.03. The van der Waals surface area contributed by atoms with E-state index >= 15 is 0 Å². The standard InChI is InChI=1S/C27H22F3N5O2/c1-37-24-5-3-16(8-22(24)27(28,29)30)15-2-4-23-21(7-15)25(34-14-33-23)17-6-18(11-31-10-17)26(36)35-13-19-9-20(35)12-32-19/h2-8,10-11,14,19-20,32H,9,12-13H2,1H3. The molecule has 188 valence electrons. The Morgan fingerprint density at radius 2 is 1.86 bits per heavy atom. The van der Waals surface area contributed by atoms with Crippen molar-refractivity contribution in [2.75, 3.05) is 20.2 Å². The number of piperazine rings is 1. The van der Waals surface area contributed by atoms with Gasteiger partial charge in [-0.05, 0) is 47.9 Å². The van der Waals surface area contributed by atoms with Gasteiger partial charge in [-0.1, -0.05) is 12.1 Å². The van der Waals surface area contributed by atoms with Crippen molar-refractivity contribution in [1.82, 2.24) is 25.2 Å². The van der Waals surface area contributed by atoms with Crippen LogP contribution in [0.4, 0.5) is 13.2 Å². The van der Waals surface area contributed by atoms with Gasteiger partial charge in [0, 0.05) is 48.5 Å². The number of alkyl halides is 3. The number of rotatable bonds is 4. The molecule has 2 fully saturated rings. The minimum absolute atomic E-state index is 0.0692. The van der Waals surface area contributed by atoms with Gasteiger partial charge in [-0.15, -0.1) is 0 Å². The highest BCUT2D eigenvalue weighted by atomic mass is 19.4. The highest BCUT2D eigenvalue weighted by Crippen LogP contribution is 2.39. The number of amides is 1. The molecule has 2 bridgehead atoms. The molecule has 0 aliphatic carbocycles. The van der Waals surface area contributed by atoms with Crippen molar-refractivity contribution in [2.45, 2.75) is 24.7 Å². The maximum atomic E-state index is 13.6. The van der Waals surface area contributed by atoms with Gasteiger partial charge < -0.3 is 15.0 Å². The Morgan fingerprint density at radius 1 is 1.05 bits per heavy atom. The molecule has 2 aromatic carbocycles. The minimum Gasteiger partial charge on any atom is -0.496 e. The fourth-order valence-corrected chi connectivity index (χ4v) is 5.24. The van der Waals surface area contributed by atoms with E-state index in [9.17, 15) is 18.0 Å². The average Bonchev–Trinajstić information content (AvgIpc) is 3.55. The summed E-state index contributed by atoms with van der Waals surface area (Å²) in [5.74, 6) is -0.309. The zero-order chi connectivity index (χ0) is 25.7. The van der Waals surface area contributed by atoms with Crippen LogP contribution in [0.2, 0.25) is 0 Å². The molecule has 10 heteroatoms. The number of methoxy groups -OCH3 is 1. The van der Waals surface area contributed by atoms with Gasteiger partial charge in [0.05, 0.1) is 29.4 Å². The number of benzene rings is 2. The lowest BCUT2D eigenvalue weighted by molar-refractivity contribution is -0.138. The summed E-state index contributed by atoms with van der Waals surface area (Å²) in [6.45, 7) is 1.47. The molecule has 7 nitrogen and oxygen atoms in total. The van der Waals surface area contributed by atoms with E-state index < -0.39 is 11.7 Å². The highest BCUT2D eigenvalue weighted by Gasteiger charge is 2.40. The number of carbonyl (C=O) groups excluding carboxylic acids is 1. The smallest absolute Gasteiger partial charge is 0.419 e. The van der Waals surface area contributed by atoms with Crippen molar-refractivity contribution in [3.8, 4) is 28.1 Å². The van der Waals surface area contributed by atoms with E-state index in [0.29, 0.717) is 51.4 Å². The Labute approximate surface area is 210 Å². The van der Waals surface area contributed by atoms with Crippen LogP contribution in [0, 0.1) is 0 Å². The number of halogens is 3. The Bertz CT molecular complexity index is 1520. The van der Waals surface area contributed by atoms with E-state index in [2.05, 4.69) is 20.3 Å². The van der Waals surface area contributed by atoms with Crippen LogP contribution in [0.5, 0.6) is 5.75 Å². The lowest BCUT2D eigenvalue weighted by Crippen LogP contribution is -2.46. The third-order valence-corrected chi connectivity index (χ3v) is 7.05. The van der Waals surface area contributed by atoms with Gasteiger partial charge in [0.25, 0.3) is 5.91 Å². The fraction of sp³-hybridized carbons (Fsp3) is 0.259. The normalized spacial score (nSPS) is 19.0. The quantitative estimate of drug-likeness (QED) is 0.438. The van der Waals surface area contributed by atoms with Crippen molar-refractivity contribution >= 4 is 16.8 Å². The van der Waals surface area contributed by atoms with Gasteiger partial charge in [0.2, 0.25) is 0 Å². The molecule has 1 amide bonds. The molecule has 1 N–H and O–H groups in total. The SMILES string of the molecule is COc1ccc(-c2ccc3ncnc(-c4cncc(C(=O)N5CC6CC5CN6)c4)c3c2)cc1C(F)(F)F. The van der Waals surface area contributed by atoms with Gasteiger partial charge in [0.1, 0.15) is 12.1 Å². The first kappa shape index (κ1) is 23.4. The molecule has 2 aromatic heterocycles. The molecule has 4 heterocycles. The van der Waals surface area contributed by atoms with Gasteiger partial charge >= 0.3 is 6.18 Å². The molecular formula is C27H22F3N5O2. The zero-order valence-corrected chi connectivity index (χ0v) is 19.8. The number of nitrogens with zero attached hydrogens (tertiary/aromatic N) is 4. The van der Waals surface area contributed by atoms with Crippen molar-refractivity contribution in [1.29, 1.82) is 0 Å². The molecule has 2 aliphatic heterocycles. The molecule has 6 rings (SSSR count). The van der Waals surface area contributed by atoms with Gasteiger partial charge in [-0.25, -0.2) is 9.97 Å². The fourth-order valence-electron chi connectivity index (χ4n) is 5.24. The summed E-state index contributed by atoms with van der Waals surface area (Å²) in [4.78, 5) is 28.2. The summed E-state index contributed by atoms with van der Waals surface area (Å²) in [5.41, 5.74) is 2.36. The third kappa shape index (κ3) is 4.17. The van der Waals surface area contributed by atoms with Crippen LogP contribution < -0.4 is 10.1 Å². The first-order chi connectivity index (χ1) is 17.8. The molecule has 2 saturated heterocycles. The first-order valence-corrected chi connectivity index (χ1v) is 11.8. The average molecular weight is 506 g/mol. The molecule has 2 atom stereocenters. The molecule has 2 unspecified atom stereocenters. The molecule has 2 aliphatic rings. The van der Waals surface area contributed by atoms with Crippen molar-refractivity contribution < 1.29 is 22.7 Å². The van der Waals surface area contributed by atoms with E-state index in [1.807, 2.05) is 4.90 Å². The summed E-state index contributed by atoms with van der Waals surface area (Å²) >= 11 is 0. The Balaban J connectivity index is 1.40. The number of nitrogens with one attached hydrogen (secondary N) is 1. The number of hydrogen-bond acceptors (Lipinski definition) is 6. The minimum atomic E-state index is -4.56. The van der Waals surface area contributed by atoms with Crippen molar-refractivity contribution in [2.24, 2.45) is 0 Å². The number of likely N-dealkylation sites (tertiary alicyclic amines) is 1. The Hall–Kier alpha value is -4.05. The molecule has 37 heavy (non-hydrogen) atoms. The monoisotopic (exact) mass is 505 g/mol. The Kier molecular flexibility index (Phi) is 5.56. The number of aromatic nitrogens is 3. The van der Waals surface area contributed by atoms with Crippen LogP contribution in [0.1, 0.15) is 22.3 Å². The maximum Gasteiger partial charge on any atom is 0.419 e. The lowest BCUT2D eigenvalue weighted by Gasteiger charge is -2.27. The lowest BCUT2D eigenvalue weighted by atomic mass is 9.98. The number of hydrogen-bond donors (Lipinski definition) is 1. The van der Waals surface area contributed by atoms with Gasteiger partial charge in [-0.2, -0.15) is 13.2 Å². The van der Waals surface area contributed by atoms with Crippen molar-refractivity contribution in [3.63, 3.8) is 0 Å². The summed E-state index contributed by atoms with van der Waals surface area (Å²) in [7, 11) is 1.21. The predicted molar refractivity (Wildman–Crippen MR) is 131 cm³/mol. The van der Waals surface area contributed by atoms with Crippen molar-refractivity contribution in [3.05, 3.63) is 72.3 Å². The summed E-state index contributed by atoms with van der Waals surface area (Å²) in [6.07, 6.45) is 0.996. The largest absolute Gasteiger partial charge is 0.496 e. The van der Waals surface area contributed by atoms with E-state index in [1.54, 1.807) is 42.7 Å². The van der Waals surface area contributed by atoms with E-state index in [-0.39, 0.29) is 17.7 Å². The molecule has 0 spiro atoms. The van der Waals surface area contributed by atoms with E-state index in [4.69, 9.17) is 4.74 Å². The molecule has 0 radical (unpaired) electrons. The second-order valence-corrected chi connectivity index (χ2v) is 9.28. The Morgan fingerprint density at radius 3 is 2.59 bits per heavy atom. The second kappa shape index (κ2) is 8.81. The number of fused-ring (bicyclic) bond motifs is 3. The number of ether oxygens (including phenoxy) is 1. The zero-order valence-electron chi connectivity index (χ0n) is 19.8.